The van der Waals surface area contributed by atoms with Gasteiger partial charge in [-0.25, -0.2) is 14.6 Å². The van der Waals surface area contributed by atoms with Crippen molar-refractivity contribution < 1.29 is 23.8 Å². The fraction of sp³-hybridized carbons (Fsp3) is 0.324. The van der Waals surface area contributed by atoms with E-state index in [9.17, 15) is 9.59 Å². The number of ether oxygens (including phenoxy) is 3. The van der Waals surface area contributed by atoms with Gasteiger partial charge in [-0.3, -0.25) is 0 Å². The van der Waals surface area contributed by atoms with E-state index in [1.165, 1.54) is 5.56 Å². The topological polar surface area (TPSA) is 106 Å². The SMILES string of the molecule is COc1ncccc1-c1c(C(=O)OC(C)(C)C)[nH]c2ccc(C)cc12.Cc1ccc2[nH]c(C(=O)OC(C)(C)C)c(I)c2c1. The van der Waals surface area contributed by atoms with E-state index < -0.39 is 17.2 Å². The number of H-pyrrole nitrogens is 2. The molecule has 0 saturated carbocycles. The van der Waals surface area contributed by atoms with Crippen LogP contribution in [0.25, 0.3) is 32.9 Å². The van der Waals surface area contributed by atoms with Crippen molar-refractivity contribution in [3.05, 3.63) is 80.8 Å². The Labute approximate surface area is 265 Å². The lowest BCUT2D eigenvalue weighted by Crippen LogP contribution is -2.24. The second-order valence-corrected chi connectivity index (χ2v) is 13.4. The normalized spacial score (nSPS) is 11.7. The van der Waals surface area contributed by atoms with Gasteiger partial charge < -0.3 is 24.2 Å². The maximum absolute atomic E-state index is 12.8. The number of benzene rings is 2. The van der Waals surface area contributed by atoms with Crippen LogP contribution in [0.15, 0.2) is 54.7 Å². The Balaban J connectivity index is 0.000000208. The molecule has 0 saturated heterocycles. The smallest absolute Gasteiger partial charge is 0.356 e. The first-order valence-electron chi connectivity index (χ1n) is 13.9. The summed E-state index contributed by atoms with van der Waals surface area (Å²) >= 11 is 2.19. The number of nitrogens with zero attached hydrogens (tertiary/aromatic N) is 1. The Hall–Kier alpha value is -3.86. The minimum Gasteiger partial charge on any atom is -0.481 e. The number of aromatic nitrogens is 3. The van der Waals surface area contributed by atoms with E-state index in [1.807, 2.05) is 97.9 Å². The molecule has 0 amide bonds. The molecule has 226 valence electrons. The number of fused-ring (bicyclic) bond motifs is 2. The zero-order chi connectivity index (χ0) is 31.7. The highest BCUT2D eigenvalue weighted by Gasteiger charge is 2.26. The highest BCUT2D eigenvalue weighted by Crippen LogP contribution is 2.38. The number of carbonyl (C=O) groups is 2. The number of hydrogen-bond donors (Lipinski definition) is 2. The van der Waals surface area contributed by atoms with Crippen LogP contribution < -0.4 is 4.74 Å². The first-order chi connectivity index (χ1) is 20.1. The Morgan fingerprint density at radius 3 is 1.84 bits per heavy atom. The molecule has 2 aromatic carbocycles. The van der Waals surface area contributed by atoms with Gasteiger partial charge in [-0.2, -0.15) is 0 Å². The van der Waals surface area contributed by atoms with Crippen LogP contribution in [0.2, 0.25) is 0 Å². The molecular weight excluding hydrogens is 657 g/mol. The lowest BCUT2D eigenvalue weighted by Gasteiger charge is -2.19. The van der Waals surface area contributed by atoms with Gasteiger partial charge in [0.05, 0.1) is 10.7 Å². The number of aryl methyl sites for hydroxylation is 2. The maximum Gasteiger partial charge on any atom is 0.356 e. The second kappa shape index (κ2) is 12.4. The quantitative estimate of drug-likeness (QED) is 0.144. The average Bonchev–Trinajstić information content (AvgIpc) is 3.44. The summed E-state index contributed by atoms with van der Waals surface area (Å²) in [5, 5.41) is 2.00. The van der Waals surface area contributed by atoms with Crippen LogP contribution in [0.3, 0.4) is 0 Å². The summed E-state index contributed by atoms with van der Waals surface area (Å²) in [5.74, 6) is -0.238. The van der Waals surface area contributed by atoms with Crippen LogP contribution in [0, 0.1) is 17.4 Å². The fourth-order valence-corrected chi connectivity index (χ4v) is 5.36. The first-order valence-corrected chi connectivity index (χ1v) is 15.0. The monoisotopic (exact) mass is 695 g/mol. The van der Waals surface area contributed by atoms with Gasteiger partial charge in [0, 0.05) is 39.1 Å². The summed E-state index contributed by atoms with van der Waals surface area (Å²) in [6.45, 7) is 15.2. The fourth-order valence-electron chi connectivity index (χ4n) is 4.55. The molecular formula is C34H38IN3O5. The van der Waals surface area contributed by atoms with E-state index >= 15 is 0 Å². The zero-order valence-corrected chi connectivity index (χ0v) is 28.2. The van der Waals surface area contributed by atoms with E-state index in [4.69, 9.17) is 14.2 Å². The maximum atomic E-state index is 12.8. The third-order valence-electron chi connectivity index (χ3n) is 6.28. The third-order valence-corrected chi connectivity index (χ3v) is 7.41. The molecule has 0 fully saturated rings. The molecule has 3 aromatic heterocycles. The van der Waals surface area contributed by atoms with Gasteiger partial charge in [0.15, 0.2) is 0 Å². The summed E-state index contributed by atoms with van der Waals surface area (Å²) in [5.41, 5.74) is 5.49. The number of rotatable bonds is 4. The van der Waals surface area contributed by atoms with Crippen molar-refractivity contribution in [3.63, 3.8) is 0 Å². The lowest BCUT2D eigenvalue weighted by molar-refractivity contribution is 0.00513. The van der Waals surface area contributed by atoms with Gasteiger partial charge in [0.1, 0.15) is 22.6 Å². The number of nitrogens with one attached hydrogen (secondary N) is 2. The molecule has 0 aliphatic heterocycles. The number of carbonyl (C=O) groups excluding carboxylic acids is 2. The van der Waals surface area contributed by atoms with Crippen molar-refractivity contribution in [1.82, 2.24) is 15.0 Å². The molecule has 0 unspecified atom stereocenters. The Kier molecular flexibility index (Phi) is 9.24. The summed E-state index contributed by atoms with van der Waals surface area (Å²) < 4.78 is 17.3. The van der Waals surface area contributed by atoms with Crippen molar-refractivity contribution in [1.29, 1.82) is 0 Å². The first kappa shape index (κ1) is 32.1. The summed E-state index contributed by atoms with van der Waals surface area (Å²) in [6.07, 6.45) is 1.66. The summed E-state index contributed by atoms with van der Waals surface area (Å²) in [4.78, 5) is 35.5. The van der Waals surface area contributed by atoms with Crippen molar-refractivity contribution in [2.24, 2.45) is 0 Å². The van der Waals surface area contributed by atoms with Crippen LogP contribution in [0.5, 0.6) is 5.88 Å². The van der Waals surface area contributed by atoms with Gasteiger partial charge in [-0.15, -0.1) is 0 Å². The molecule has 2 N–H and O–H groups in total. The Morgan fingerprint density at radius 2 is 1.28 bits per heavy atom. The third kappa shape index (κ3) is 7.57. The zero-order valence-electron chi connectivity index (χ0n) is 26.1. The van der Waals surface area contributed by atoms with Crippen LogP contribution in [0.4, 0.5) is 0 Å². The minimum atomic E-state index is -0.583. The highest BCUT2D eigenvalue weighted by atomic mass is 127. The molecule has 0 radical (unpaired) electrons. The van der Waals surface area contributed by atoms with Crippen LogP contribution >= 0.6 is 22.6 Å². The van der Waals surface area contributed by atoms with E-state index in [1.54, 1.807) is 13.3 Å². The molecule has 5 aromatic rings. The summed E-state index contributed by atoms with van der Waals surface area (Å²) in [7, 11) is 1.57. The molecule has 43 heavy (non-hydrogen) atoms. The van der Waals surface area contributed by atoms with Crippen molar-refractivity contribution in [3.8, 4) is 17.0 Å². The number of esters is 2. The number of halogens is 1. The largest absolute Gasteiger partial charge is 0.481 e. The van der Waals surface area contributed by atoms with E-state index in [-0.39, 0.29) is 5.97 Å². The Bertz CT molecular complexity index is 1800. The molecule has 8 nitrogen and oxygen atoms in total. The van der Waals surface area contributed by atoms with Crippen LogP contribution in [-0.2, 0) is 9.47 Å². The number of methoxy groups -OCH3 is 1. The van der Waals surface area contributed by atoms with E-state index in [2.05, 4.69) is 43.6 Å². The van der Waals surface area contributed by atoms with Gasteiger partial charge >= 0.3 is 11.9 Å². The van der Waals surface area contributed by atoms with Crippen molar-refractivity contribution in [2.45, 2.75) is 66.6 Å². The van der Waals surface area contributed by atoms with E-state index in [0.29, 0.717) is 17.3 Å². The van der Waals surface area contributed by atoms with Gasteiger partial charge in [0.25, 0.3) is 0 Å². The number of hydrogen-bond acceptors (Lipinski definition) is 6. The van der Waals surface area contributed by atoms with Crippen molar-refractivity contribution >= 4 is 56.3 Å². The number of aromatic amines is 2. The molecule has 0 aliphatic rings. The average molecular weight is 696 g/mol. The van der Waals surface area contributed by atoms with Crippen LogP contribution in [-0.4, -0.2) is 45.2 Å². The highest BCUT2D eigenvalue weighted by molar-refractivity contribution is 14.1. The molecule has 0 atom stereocenters. The van der Waals surface area contributed by atoms with Gasteiger partial charge in [0.2, 0.25) is 5.88 Å². The van der Waals surface area contributed by atoms with Crippen LogP contribution in [0.1, 0.15) is 73.6 Å². The van der Waals surface area contributed by atoms with Gasteiger partial charge in [-0.1, -0.05) is 23.3 Å². The van der Waals surface area contributed by atoms with Gasteiger partial charge in [-0.05, 0) is 114 Å². The molecule has 0 spiro atoms. The molecule has 9 heteroatoms. The predicted molar refractivity (Wildman–Crippen MR) is 179 cm³/mol. The molecule has 0 aliphatic carbocycles. The molecule has 0 bridgehead atoms. The molecule has 3 heterocycles. The minimum absolute atomic E-state index is 0.305. The van der Waals surface area contributed by atoms with Crippen molar-refractivity contribution in [2.75, 3.05) is 7.11 Å². The standard InChI is InChI=1S/C20H22N2O3.C14H16INO2/c1-12-8-9-15-14(11-12)16(13-7-6-10-21-18(13)24-5)17(22-15)19(23)25-20(2,3)4;1-8-5-6-10-9(7-8)11(15)12(16-10)13(17)18-14(2,3)4/h6-11,22H,1-5H3;5-7,16H,1-4H3. The Morgan fingerprint density at radius 1 is 0.767 bits per heavy atom. The number of pyridine rings is 1. The molecule has 5 rings (SSSR count). The summed E-state index contributed by atoms with van der Waals surface area (Å²) in [6, 6.07) is 15.8. The second-order valence-electron chi connectivity index (χ2n) is 12.4. The van der Waals surface area contributed by atoms with E-state index in [0.717, 1.165) is 42.1 Å². The predicted octanol–water partition coefficient (Wildman–Crippen LogP) is 8.54. The lowest BCUT2D eigenvalue weighted by atomic mass is 10.0.